The molecule has 4 amide bonds. The summed E-state index contributed by atoms with van der Waals surface area (Å²) in [6.07, 6.45) is 0.421. The molecule has 2 aromatic rings. The minimum Gasteiger partial charge on any atom is -0.497 e. The van der Waals surface area contributed by atoms with Gasteiger partial charge in [0.2, 0.25) is 0 Å². The van der Waals surface area contributed by atoms with Gasteiger partial charge in [-0.1, -0.05) is 30.3 Å². The second kappa shape index (κ2) is 8.56. The van der Waals surface area contributed by atoms with E-state index < -0.39 is 23.9 Å². The smallest absolute Gasteiger partial charge is 0.334 e. The molecule has 0 N–H and O–H groups in total. The zero-order valence-electron chi connectivity index (χ0n) is 15.8. The lowest BCUT2D eigenvalue weighted by molar-refractivity contribution is -0.144. The van der Waals surface area contributed by atoms with E-state index in [-0.39, 0.29) is 6.54 Å². The van der Waals surface area contributed by atoms with E-state index in [1.165, 1.54) is 0 Å². The van der Waals surface area contributed by atoms with Gasteiger partial charge < -0.3 is 9.47 Å². The molecule has 7 nitrogen and oxygen atoms in total. The summed E-state index contributed by atoms with van der Waals surface area (Å²) in [5, 5.41) is 0. The van der Waals surface area contributed by atoms with Crippen LogP contribution in [0.4, 0.5) is 4.79 Å². The van der Waals surface area contributed by atoms with Crippen molar-refractivity contribution in [2.45, 2.75) is 19.4 Å². The average molecular weight is 382 g/mol. The van der Waals surface area contributed by atoms with E-state index in [0.717, 1.165) is 21.1 Å². The number of rotatable bonds is 8. The number of carbonyl (C=O) groups is 3. The lowest BCUT2D eigenvalue weighted by Crippen LogP contribution is -2.36. The van der Waals surface area contributed by atoms with Crippen molar-refractivity contribution in [2.24, 2.45) is 0 Å². The molecule has 1 atom stereocenters. The molecule has 1 aliphatic heterocycles. The second-order valence-electron chi connectivity index (χ2n) is 6.38. The molecule has 7 heteroatoms. The predicted octanol–water partition coefficient (Wildman–Crippen LogP) is 3.02. The molecular formula is C21H22N2O5. The Labute approximate surface area is 163 Å². The fraction of sp³-hybridized carbons (Fsp3) is 0.286. The molecule has 0 aromatic heterocycles. The van der Waals surface area contributed by atoms with Crippen LogP contribution in [0.2, 0.25) is 0 Å². The molecule has 1 fully saturated rings. The third-order valence-electron chi connectivity index (χ3n) is 4.61. The Bertz CT molecular complexity index is 851. The summed E-state index contributed by atoms with van der Waals surface area (Å²) in [5.74, 6) is -0.198. The standard InChI is InChI=1S/C21H22N2O5/c1-15(16-7-4-3-5-8-16)23-20(25)19(24)22(21(23)26)13-6-14-28-18-11-9-17(27-2)10-12-18/h3-5,7-12,15H,6,13-14H2,1-2H3. The molecule has 1 saturated heterocycles. The van der Waals surface area contributed by atoms with Crippen molar-refractivity contribution >= 4 is 17.8 Å². The number of methoxy groups -OCH3 is 1. The Morgan fingerprint density at radius 3 is 2.18 bits per heavy atom. The summed E-state index contributed by atoms with van der Waals surface area (Å²) < 4.78 is 10.7. The number of carbonyl (C=O) groups excluding carboxylic acids is 3. The first-order valence-corrected chi connectivity index (χ1v) is 9.03. The van der Waals surface area contributed by atoms with Crippen LogP contribution in [0, 0.1) is 0 Å². The molecule has 1 aliphatic rings. The maximum atomic E-state index is 12.6. The van der Waals surface area contributed by atoms with E-state index in [1.54, 1.807) is 38.3 Å². The molecule has 0 bridgehead atoms. The molecule has 0 aliphatic carbocycles. The molecule has 0 saturated carbocycles. The SMILES string of the molecule is COc1ccc(OCCCN2C(=O)C(=O)N(C(C)c3ccccc3)C2=O)cc1. The van der Waals surface area contributed by atoms with E-state index in [1.807, 2.05) is 30.3 Å². The van der Waals surface area contributed by atoms with Crippen LogP contribution in [0.5, 0.6) is 11.5 Å². The number of amides is 4. The Morgan fingerprint density at radius 2 is 1.54 bits per heavy atom. The van der Waals surface area contributed by atoms with Gasteiger partial charge in [0.15, 0.2) is 0 Å². The van der Waals surface area contributed by atoms with E-state index in [2.05, 4.69) is 0 Å². The number of hydrogen-bond donors (Lipinski definition) is 0. The Kier molecular flexibility index (Phi) is 5.93. The molecule has 28 heavy (non-hydrogen) atoms. The summed E-state index contributed by atoms with van der Waals surface area (Å²) in [4.78, 5) is 39.2. The second-order valence-corrected chi connectivity index (χ2v) is 6.38. The monoisotopic (exact) mass is 382 g/mol. The van der Waals surface area contributed by atoms with Crippen molar-refractivity contribution in [2.75, 3.05) is 20.3 Å². The first-order valence-electron chi connectivity index (χ1n) is 9.03. The number of nitrogens with zero attached hydrogens (tertiary/aromatic N) is 2. The molecule has 0 spiro atoms. The van der Waals surface area contributed by atoms with Gasteiger partial charge in [0.25, 0.3) is 0 Å². The van der Waals surface area contributed by atoms with Crippen LogP contribution in [-0.2, 0) is 9.59 Å². The zero-order valence-corrected chi connectivity index (χ0v) is 15.8. The lowest BCUT2D eigenvalue weighted by atomic mass is 10.1. The Balaban J connectivity index is 1.56. The molecule has 3 rings (SSSR count). The van der Waals surface area contributed by atoms with Crippen molar-refractivity contribution in [3.63, 3.8) is 0 Å². The maximum absolute atomic E-state index is 12.6. The average Bonchev–Trinajstić information content (AvgIpc) is 2.94. The largest absolute Gasteiger partial charge is 0.497 e. The van der Waals surface area contributed by atoms with Crippen LogP contribution in [0.25, 0.3) is 0 Å². The van der Waals surface area contributed by atoms with Gasteiger partial charge >= 0.3 is 17.8 Å². The highest BCUT2D eigenvalue weighted by molar-refractivity contribution is 6.44. The van der Waals surface area contributed by atoms with Gasteiger partial charge in [0.05, 0.1) is 19.8 Å². The van der Waals surface area contributed by atoms with Gasteiger partial charge in [-0.25, -0.2) is 9.69 Å². The zero-order chi connectivity index (χ0) is 20.1. The third-order valence-corrected chi connectivity index (χ3v) is 4.61. The summed E-state index contributed by atoms with van der Waals surface area (Å²) in [6, 6.07) is 15.2. The first-order chi connectivity index (χ1) is 13.5. The fourth-order valence-corrected chi connectivity index (χ4v) is 3.03. The quantitative estimate of drug-likeness (QED) is 0.398. The van der Waals surface area contributed by atoms with Gasteiger partial charge in [-0.2, -0.15) is 0 Å². The summed E-state index contributed by atoms with van der Waals surface area (Å²) >= 11 is 0. The van der Waals surface area contributed by atoms with Gasteiger partial charge in [-0.3, -0.25) is 14.5 Å². The van der Waals surface area contributed by atoms with E-state index in [9.17, 15) is 14.4 Å². The van der Waals surface area contributed by atoms with Crippen LogP contribution < -0.4 is 9.47 Å². The number of benzene rings is 2. The molecular weight excluding hydrogens is 360 g/mol. The van der Waals surface area contributed by atoms with Crippen molar-refractivity contribution in [1.82, 2.24) is 9.80 Å². The summed E-state index contributed by atoms with van der Waals surface area (Å²) in [7, 11) is 1.59. The summed E-state index contributed by atoms with van der Waals surface area (Å²) in [6.45, 7) is 2.16. The fourth-order valence-electron chi connectivity index (χ4n) is 3.03. The highest BCUT2D eigenvalue weighted by Gasteiger charge is 2.46. The van der Waals surface area contributed by atoms with Crippen LogP contribution >= 0.6 is 0 Å². The van der Waals surface area contributed by atoms with Gasteiger partial charge in [0, 0.05) is 6.54 Å². The normalized spacial score (nSPS) is 15.1. The minimum atomic E-state index is -0.794. The maximum Gasteiger partial charge on any atom is 0.334 e. The van der Waals surface area contributed by atoms with Crippen LogP contribution in [0.1, 0.15) is 24.9 Å². The highest BCUT2D eigenvalue weighted by Crippen LogP contribution is 2.26. The Hall–Kier alpha value is -3.35. The van der Waals surface area contributed by atoms with Crippen LogP contribution in [0.3, 0.4) is 0 Å². The number of hydrogen-bond acceptors (Lipinski definition) is 5. The first kappa shape index (κ1) is 19.4. The molecule has 1 unspecified atom stereocenters. The predicted molar refractivity (Wildman–Crippen MR) is 102 cm³/mol. The molecule has 1 heterocycles. The van der Waals surface area contributed by atoms with Crippen LogP contribution in [0.15, 0.2) is 54.6 Å². The number of imide groups is 2. The highest BCUT2D eigenvalue weighted by atomic mass is 16.5. The van der Waals surface area contributed by atoms with Crippen molar-refractivity contribution in [3.05, 3.63) is 60.2 Å². The summed E-state index contributed by atoms with van der Waals surface area (Å²) in [5.41, 5.74) is 0.793. The minimum absolute atomic E-state index is 0.123. The van der Waals surface area contributed by atoms with E-state index in [4.69, 9.17) is 9.47 Å². The molecule has 2 aromatic carbocycles. The van der Waals surface area contributed by atoms with Crippen molar-refractivity contribution in [3.8, 4) is 11.5 Å². The van der Waals surface area contributed by atoms with Gasteiger partial charge in [-0.05, 0) is 43.2 Å². The van der Waals surface area contributed by atoms with E-state index in [0.29, 0.717) is 18.8 Å². The number of urea groups is 1. The van der Waals surface area contributed by atoms with Crippen molar-refractivity contribution in [1.29, 1.82) is 0 Å². The lowest BCUT2D eigenvalue weighted by Gasteiger charge is -2.22. The van der Waals surface area contributed by atoms with Crippen molar-refractivity contribution < 1.29 is 23.9 Å². The van der Waals surface area contributed by atoms with E-state index >= 15 is 0 Å². The van der Waals surface area contributed by atoms with Gasteiger partial charge in [-0.15, -0.1) is 0 Å². The molecule has 0 radical (unpaired) electrons. The van der Waals surface area contributed by atoms with Crippen LogP contribution in [-0.4, -0.2) is 47.9 Å². The topological polar surface area (TPSA) is 76.2 Å². The Morgan fingerprint density at radius 1 is 0.893 bits per heavy atom. The van der Waals surface area contributed by atoms with Gasteiger partial charge in [0.1, 0.15) is 11.5 Å². The number of ether oxygens (including phenoxy) is 2. The third kappa shape index (κ3) is 3.98. The molecule has 146 valence electrons.